The van der Waals surface area contributed by atoms with Gasteiger partial charge in [-0.2, -0.15) is 0 Å². The van der Waals surface area contributed by atoms with E-state index in [0.29, 0.717) is 0 Å². The second kappa shape index (κ2) is 4.73. The van der Waals surface area contributed by atoms with Gasteiger partial charge in [-0.3, -0.25) is 0 Å². The van der Waals surface area contributed by atoms with Crippen molar-refractivity contribution in [2.45, 2.75) is 54.0 Å². The Hall–Kier alpha value is -0.920. The summed E-state index contributed by atoms with van der Waals surface area (Å²) in [7, 11) is 0. The van der Waals surface area contributed by atoms with Gasteiger partial charge >= 0.3 is 0 Å². The lowest BCUT2D eigenvalue weighted by Gasteiger charge is -2.41. The van der Waals surface area contributed by atoms with Crippen LogP contribution in [0, 0.1) is 5.41 Å². The number of nitrogens with two attached hydrogens (primary N) is 1. The standard InChI is InChI=1S/C13H26N2/c1-8-11(12(2,3)4)15(10-9-14)13(5,6)7/h8-10H,14H2,1-7H3/b10-9-,11-8-. The lowest BCUT2D eigenvalue weighted by Crippen LogP contribution is -2.40. The molecule has 2 nitrogen and oxygen atoms in total. The van der Waals surface area contributed by atoms with Crippen LogP contribution in [0.15, 0.2) is 24.2 Å². The largest absolute Gasteiger partial charge is 0.403 e. The van der Waals surface area contributed by atoms with E-state index < -0.39 is 0 Å². The summed E-state index contributed by atoms with van der Waals surface area (Å²) in [4.78, 5) is 2.23. The molecule has 0 aromatic carbocycles. The highest BCUT2D eigenvalue weighted by atomic mass is 15.2. The van der Waals surface area contributed by atoms with E-state index in [1.807, 2.05) is 6.20 Å². The molecule has 0 radical (unpaired) electrons. The molecule has 0 aliphatic rings. The third-order valence-corrected chi connectivity index (χ3v) is 2.26. The van der Waals surface area contributed by atoms with Gasteiger partial charge in [0.25, 0.3) is 0 Å². The average Bonchev–Trinajstić information content (AvgIpc) is 2.00. The zero-order valence-corrected chi connectivity index (χ0v) is 11.3. The van der Waals surface area contributed by atoms with E-state index in [1.54, 1.807) is 6.20 Å². The molecule has 0 aromatic rings. The van der Waals surface area contributed by atoms with Crippen LogP contribution in [0.1, 0.15) is 48.5 Å². The molecule has 2 N–H and O–H groups in total. The van der Waals surface area contributed by atoms with Gasteiger partial charge in [-0.25, -0.2) is 0 Å². The number of allylic oxidation sites excluding steroid dienone is 2. The fourth-order valence-corrected chi connectivity index (χ4v) is 1.68. The predicted molar refractivity (Wildman–Crippen MR) is 68.1 cm³/mol. The summed E-state index contributed by atoms with van der Waals surface area (Å²) in [5.41, 5.74) is 6.97. The molecule has 0 spiro atoms. The lowest BCUT2D eigenvalue weighted by molar-refractivity contribution is 0.209. The van der Waals surface area contributed by atoms with E-state index in [4.69, 9.17) is 5.73 Å². The van der Waals surface area contributed by atoms with Crippen molar-refractivity contribution in [1.82, 2.24) is 4.90 Å². The summed E-state index contributed by atoms with van der Waals surface area (Å²) in [6.07, 6.45) is 5.70. The molecular weight excluding hydrogens is 184 g/mol. The molecule has 0 aromatic heterocycles. The Morgan fingerprint density at radius 3 is 1.73 bits per heavy atom. The van der Waals surface area contributed by atoms with E-state index >= 15 is 0 Å². The topological polar surface area (TPSA) is 29.3 Å². The van der Waals surface area contributed by atoms with Crippen LogP contribution in [0.5, 0.6) is 0 Å². The van der Waals surface area contributed by atoms with Crippen LogP contribution in [0.2, 0.25) is 0 Å². The molecule has 0 unspecified atom stereocenters. The van der Waals surface area contributed by atoms with Gasteiger partial charge in [-0.15, -0.1) is 0 Å². The van der Waals surface area contributed by atoms with Crippen LogP contribution >= 0.6 is 0 Å². The first-order valence-electron chi connectivity index (χ1n) is 5.49. The Bertz CT molecular complexity index is 249. The van der Waals surface area contributed by atoms with E-state index in [-0.39, 0.29) is 11.0 Å². The maximum atomic E-state index is 5.51. The smallest absolute Gasteiger partial charge is 0.0359 e. The predicted octanol–water partition coefficient (Wildman–Crippen LogP) is 3.47. The summed E-state index contributed by atoms with van der Waals surface area (Å²) in [6, 6.07) is 0. The van der Waals surface area contributed by atoms with Crippen molar-refractivity contribution in [1.29, 1.82) is 0 Å². The molecule has 0 atom stereocenters. The minimum Gasteiger partial charge on any atom is -0.403 e. The van der Waals surface area contributed by atoms with Crippen LogP contribution in [0.3, 0.4) is 0 Å². The molecule has 0 aliphatic carbocycles. The van der Waals surface area contributed by atoms with E-state index in [1.165, 1.54) is 5.70 Å². The number of hydrogen-bond acceptors (Lipinski definition) is 2. The lowest BCUT2D eigenvalue weighted by atomic mass is 9.88. The van der Waals surface area contributed by atoms with E-state index in [0.717, 1.165) is 0 Å². The Kier molecular flexibility index (Phi) is 4.44. The van der Waals surface area contributed by atoms with Crippen molar-refractivity contribution in [2.75, 3.05) is 0 Å². The van der Waals surface area contributed by atoms with Crippen LogP contribution in [-0.2, 0) is 0 Å². The van der Waals surface area contributed by atoms with Crippen LogP contribution in [0.4, 0.5) is 0 Å². The molecule has 0 saturated carbocycles. The third kappa shape index (κ3) is 3.98. The Labute approximate surface area is 94.8 Å². The minimum absolute atomic E-state index is 0.0466. The normalized spacial score (nSPS) is 14.7. The maximum absolute atomic E-state index is 5.51. The van der Waals surface area contributed by atoms with Crippen LogP contribution in [0.25, 0.3) is 0 Å². The van der Waals surface area contributed by atoms with Gasteiger partial charge in [0.2, 0.25) is 0 Å². The van der Waals surface area contributed by atoms with Gasteiger partial charge in [0.1, 0.15) is 0 Å². The Morgan fingerprint density at radius 2 is 1.53 bits per heavy atom. The van der Waals surface area contributed by atoms with Crippen LogP contribution < -0.4 is 5.73 Å². The van der Waals surface area contributed by atoms with E-state index in [9.17, 15) is 0 Å². The molecule has 0 rings (SSSR count). The first kappa shape index (κ1) is 14.1. The second-order valence-corrected chi connectivity index (χ2v) is 5.81. The Morgan fingerprint density at radius 1 is 1.07 bits per heavy atom. The van der Waals surface area contributed by atoms with Crippen molar-refractivity contribution in [2.24, 2.45) is 11.1 Å². The first-order valence-corrected chi connectivity index (χ1v) is 5.49. The summed E-state index contributed by atoms with van der Waals surface area (Å²) in [5, 5.41) is 0. The molecule has 0 saturated heterocycles. The monoisotopic (exact) mass is 210 g/mol. The molecule has 0 aliphatic heterocycles. The molecule has 88 valence electrons. The van der Waals surface area contributed by atoms with Gasteiger partial charge in [0, 0.05) is 29.1 Å². The maximum Gasteiger partial charge on any atom is 0.0359 e. The summed E-state index contributed by atoms with van der Waals surface area (Å²) < 4.78 is 0. The summed E-state index contributed by atoms with van der Waals surface area (Å²) >= 11 is 0. The summed E-state index contributed by atoms with van der Waals surface area (Å²) in [6.45, 7) is 15.3. The van der Waals surface area contributed by atoms with Crippen molar-refractivity contribution >= 4 is 0 Å². The Balaban J connectivity index is 5.26. The highest BCUT2D eigenvalue weighted by Crippen LogP contribution is 2.33. The van der Waals surface area contributed by atoms with Gasteiger partial charge in [0.05, 0.1) is 0 Å². The van der Waals surface area contributed by atoms with Crippen molar-refractivity contribution < 1.29 is 0 Å². The van der Waals surface area contributed by atoms with Gasteiger partial charge in [0.15, 0.2) is 0 Å². The highest BCUT2D eigenvalue weighted by molar-refractivity contribution is 5.15. The number of hydrogen-bond donors (Lipinski definition) is 1. The van der Waals surface area contributed by atoms with Crippen molar-refractivity contribution in [3.63, 3.8) is 0 Å². The molecular formula is C13H26N2. The zero-order valence-electron chi connectivity index (χ0n) is 11.3. The molecule has 15 heavy (non-hydrogen) atoms. The molecule has 0 fully saturated rings. The van der Waals surface area contributed by atoms with Crippen molar-refractivity contribution in [3.8, 4) is 0 Å². The quantitative estimate of drug-likeness (QED) is 0.756. The number of nitrogens with zero attached hydrogens (tertiary/aromatic N) is 1. The zero-order chi connectivity index (χ0) is 12.3. The van der Waals surface area contributed by atoms with Crippen molar-refractivity contribution in [3.05, 3.63) is 24.2 Å². The van der Waals surface area contributed by atoms with Gasteiger partial charge in [-0.1, -0.05) is 26.8 Å². The molecule has 2 heteroatoms. The van der Waals surface area contributed by atoms with Crippen LogP contribution in [-0.4, -0.2) is 10.4 Å². The third-order valence-electron chi connectivity index (χ3n) is 2.26. The second-order valence-electron chi connectivity index (χ2n) is 5.81. The van der Waals surface area contributed by atoms with Gasteiger partial charge in [-0.05, 0) is 27.7 Å². The van der Waals surface area contributed by atoms with Gasteiger partial charge < -0.3 is 10.6 Å². The molecule has 0 heterocycles. The fraction of sp³-hybridized carbons (Fsp3) is 0.692. The summed E-state index contributed by atoms with van der Waals surface area (Å²) in [5.74, 6) is 0. The number of rotatable bonds is 2. The first-order chi connectivity index (χ1) is 6.64. The average molecular weight is 210 g/mol. The highest BCUT2D eigenvalue weighted by Gasteiger charge is 2.28. The fourth-order valence-electron chi connectivity index (χ4n) is 1.68. The SMILES string of the molecule is C/C=C(\N(/C=C\N)C(C)(C)C)C(C)(C)C. The van der Waals surface area contributed by atoms with E-state index in [2.05, 4.69) is 59.4 Å². The molecule has 0 bridgehead atoms. The molecule has 0 amide bonds. The minimum atomic E-state index is 0.0466.